The van der Waals surface area contributed by atoms with E-state index in [0.717, 1.165) is 18.7 Å². The Morgan fingerprint density at radius 1 is 1.38 bits per heavy atom. The van der Waals surface area contributed by atoms with E-state index in [1.54, 1.807) is 19.2 Å². The summed E-state index contributed by atoms with van der Waals surface area (Å²) in [5.41, 5.74) is 0.914. The van der Waals surface area contributed by atoms with Gasteiger partial charge in [0.15, 0.2) is 0 Å². The van der Waals surface area contributed by atoms with E-state index >= 15 is 0 Å². The molecule has 2 aromatic rings. The highest BCUT2D eigenvalue weighted by atomic mass is 32.2. The molecule has 0 aliphatic heterocycles. The Morgan fingerprint density at radius 3 is 2.76 bits per heavy atom. The fraction of sp³-hybridized carbons (Fsp3) is 0.500. The molecule has 0 aliphatic carbocycles. The maximum atomic E-state index is 12.3. The number of rotatable bonds is 7. The molecular formula is C12H19N5O2S2. The molecule has 21 heavy (non-hydrogen) atoms. The summed E-state index contributed by atoms with van der Waals surface area (Å²) in [5.74, 6) is 0. The van der Waals surface area contributed by atoms with Crippen LogP contribution < -0.4 is 10.0 Å². The Kier molecular flexibility index (Phi) is 4.96. The number of aromatic nitrogens is 3. The summed E-state index contributed by atoms with van der Waals surface area (Å²) in [6, 6.07) is 1.67. The summed E-state index contributed by atoms with van der Waals surface area (Å²) < 4.78 is 28.9. The zero-order valence-electron chi connectivity index (χ0n) is 12.3. The summed E-state index contributed by atoms with van der Waals surface area (Å²) in [6.07, 6.45) is 2.63. The highest BCUT2D eigenvalue weighted by Crippen LogP contribution is 2.20. The largest absolute Gasteiger partial charge is 0.352 e. The van der Waals surface area contributed by atoms with Crippen molar-refractivity contribution < 1.29 is 8.42 Å². The third kappa shape index (κ3) is 4.02. The lowest BCUT2D eigenvalue weighted by Crippen LogP contribution is -2.15. The van der Waals surface area contributed by atoms with Gasteiger partial charge in [-0.15, -0.1) is 10.2 Å². The van der Waals surface area contributed by atoms with Gasteiger partial charge in [-0.3, -0.25) is 4.72 Å². The van der Waals surface area contributed by atoms with Crippen LogP contribution in [0.25, 0.3) is 0 Å². The monoisotopic (exact) mass is 329 g/mol. The van der Waals surface area contributed by atoms with Crippen LogP contribution in [0.15, 0.2) is 17.2 Å². The van der Waals surface area contributed by atoms with Crippen LogP contribution >= 0.6 is 11.3 Å². The molecule has 0 spiro atoms. The van der Waals surface area contributed by atoms with Crippen LogP contribution in [0.4, 0.5) is 5.13 Å². The molecular weight excluding hydrogens is 310 g/mol. The number of nitrogens with one attached hydrogen (secondary N) is 2. The Balaban J connectivity index is 2.14. The van der Waals surface area contributed by atoms with Gasteiger partial charge in [0, 0.05) is 25.5 Å². The van der Waals surface area contributed by atoms with Crippen LogP contribution in [-0.2, 0) is 23.6 Å². The highest BCUT2D eigenvalue weighted by Gasteiger charge is 2.19. The van der Waals surface area contributed by atoms with Crippen LogP contribution in [0.2, 0.25) is 0 Å². The number of aryl methyl sites for hydroxylation is 2. The smallest absolute Gasteiger partial charge is 0.265 e. The first kappa shape index (κ1) is 15.9. The molecule has 0 amide bonds. The molecule has 0 aliphatic rings. The predicted octanol–water partition coefficient (Wildman–Crippen LogP) is 1.49. The van der Waals surface area contributed by atoms with Gasteiger partial charge >= 0.3 is 0 Å². The lowest BCUT2D eigenvalue weighted by molar-refractivity contribution is 0.601. The van der Waals surface area contributed by atoms with E-state index in [1.165, 1.54) is 11.3 Å². The van der Waals surface area contributed by atoms with Gasteiger partial charge < -0.3 is 9.88 Å². The van der Waals surface area contributed by atoms with E-state index in [2.05, 4.69) is 27.2 Å². The first-order valence-corrected chi connectivity index (χ1v) is 8.91. The van der Waals surface area contributed by atoms with Crippen LogP contribution in [-0.4, -0.2) is 29.7 Å². The molecule has 0 bridgehead atoms. The van der Waals surface area contributed by atoms with Crippen LogP contribution in [0.1, 0.15) is 24.0 Å². The Hall–Kier alpha value is -1.45. The predicted molar refractivity (Wildman–Crippen MR) is 82.9 cm³/mol. The zero-order valence-corrected chi connectivity index (χ0v) is 13.9. The number of anilines is 1. The maximum absolute atomic E-state index is 12.3. The average molecular weight is 329 g/mol. The second-order valence-corrected chi connectivity index (χ2v) is 7.55. The van der Waals surface area contributed by atoms with Crippen molar-refractivity contribution in [2.24, 2.45) is 7.05 Å². The molecule has 0 fully saturated rings. The van der Waals surface area contributed by atoms with Crippen LogP contribution in [0, 0.1) is 6.92 Å². The standard InChI is InChI=1S/C12H19N5O2S2/c1-4-5-13-7-10-6-11(8-17(10)3)21(18,19)16-12-15-14-9(2)20-12/h6,8,13H,4-5,7H2,1-3H3,(H,15,16). The minimum absolute atomic E-state index is 0.228. The molecule has 2 rings (SSSR count). The van der Waals surface area contributed by atoms with Crippen molar-refractivity contribution in [3.8, 4) is 0 Å². The van der Waals surface area contributed by atoms with Gasteiger partial charge in [0.1, 0.15) is 9.90 Å². The summed E-state index contributed by atoms with van der Waals surface area (Å²) in [5, 5.41) is 11.8. The van der Waals surface area contributed by atoms with Crippen molar-refractivity contribution in [1.82, 2.24) is 20.1 Å². The fourth-order valence-electron chi connectivity index (χ4n) is 1.80. The van der Waals surface area contributed by atoms with Crippen molar-refractivity contribution in [3.05, 3.63) is 23.0 Å². The van der Waals surface area contributed by atoms with Crippen LogP contribution in [0.5, 0.6) is 0 Å². The summed E-state index contributed by atoms with van der Waals surface area (Å²) in [7, 11) is -1.79. The molecule has 2 aromatic heterocycles. The number of nitrogens with zero attached hydrogens (tertiary/aromatic N) is 3. The normalized spacial score (nSPS) is 11.8. The van der Waals surface area contributed by atoms with Gasteiger partial charge in [-0.1, -0.05) is 18.3 Å². The Morgan fingerprint density at radius 2 is 2.14 bits per heavy atom. The van der Waals surface area contributed by atoms with Gasteiger partial charge in [-0.2, -0.15) is 0 Å². The molecule has 0 radical (unpaired) electrons. The van der Waals surface area contributed by atoms with E-state index < -0.39 is 10.0 Å². The fourth-order valence-corrected chi connectivity index (χ4v) is 3.72. The first-order chi connectivity index (χ1) is 9.92. The van der Waals surface area contributed by atoms with Crippen molar-refractivity contribution >= 4 is 26.5 Å². The molecule has 0 saturated carbocycles. The lowest BCUT2D eigenvalue weighted by Gasteiger charge is -2.03. The maximum Gasteiger partial charge on any atom is 0.265 e. The average Bonchev–Trinajstić information content (AvgIpc) is 2.97. The minimum atomic E-state index is -3.62. The van der Waals surface area contributed by atoms with E-state index in [9.17, 15) is 8.42 Å². The molecule has 0 unspecified atom stereocenters. The molecule has 116 valence electrons. The van der Waals surface area contributed by atoms with Crippen molar-refractivity contribution in [3.63, 3.8) is 0 Å². The van der Waals surface area contributed by atoms with Crippen molar-refractivity contribution in [2.45, 2.75) is 31.7 Å². The second-order valence-electron chi connectivity index (χ2n) is 4.69. The molecule has 9 heteroatoms. The van der Waals surface area contributed by atoms with Gasteiger partial charge in [0.25, 0.3) is 10.0 Å². The van der Waals surface area contributed by atoms with Crippen molar-refractivity contribution in [1.29, 1.82) is 0 Å². The number of sulfonamides is 1. The van der Waals surface area contributed by atoms with Gasteiger partial charge in [0.05, 0.1) is 0 Å². The Labute approximate surface area is 128 Å². The first-order valence-electron chi connectivity index (χ1n) is 6.61. The van der Waals surface area contributed by atoms with Gasteiger partial charge in [0.2, 0.25) is 5.13 Å². The number of hydrogen-bond acceptors (Lipinski definition) is 6. The Bertz CT molecular complexity index is 705. The van der Waals surface area contributed by atoms with E-state index in [0.29, 0.717) is 11.6 Å². The minimum Gasteiger partial charge on any atom is -0.352 e. The topological polar surface area (TPSA) is 88.9 Å². The summed E-state index contributed by atoms with van der Waals surface area (Å²) >= 11 is 1.21. The quantitative estimate of drug-likeness (QED) is 0.751. The van der Waals surface area contributed by atoms with Crippen LogP contribution in [0.3, 0.4) is 0 Å². The molecule has 0 atom stereocenters. The number of hydrogen-bond donors (Lipinski definition) is 2. The molecule has 0 saturated heterocycles. The van der Waals surface area contributed by atoms with Gasteiger partial charge in [-0.25, -0.2) is 8.42 Å². The highest BCUT2D eigenvalue weighted by molar-refractivity contribution is 7.93. The van der Waals surface area contributed by atoms with Crippen molar-refractivity contribution in [2.75, 3.05) is 11.3 Å². The SMILES string of the molecule is CCCNCc1cc(S(=O)(=O)Nc2nnc(C)s2)cn1C. The zero-order chi connectivity index (χ0) is 15.5. The lowest BCUT2D eigenvalue weighted by atomic mass is 10.4. The summed E-state index contributed by atoms with van der Waals surface area (Å²) in [6.45, 7) is 5.39. The third-order valence-corrected chi connectivity index (χ3v) is 5.06. The molecule has 0 aromatic carbocycles. The molecule has 2 N–H and O–H groups in total. The molecule has 2 heterocycles. The van der Waals surface area contributed by atoms with Gasteiger partial charge in [-0.05, 0) is 26.0 Å². The summed E-state index contributed by atoms with van der Waals surface area (Å²) in [4.78, 5) is 0.228. The van der Waals surface area contributed by atoms with E-state index in [-0.39, 0.29) is 10.0 Å². The third-order valence-electron chi connectivity index (χ3n) is 2.87. The second kappa shape index (κ2) is 6.54. The van der Waals surface area contributed by atoms with E-state index in [1.807, 2.05) is 11.6 Å². The molecule has 7 nitrogen and oxygen atoms in total. The van der Waals surface area contributed by atoms with E-state index in [4.69, 9.17) is 0 Å².